The van der Waals surface area contributed by atoms with Crippen LogP contribution in [0.15, 0.2) is 36.7 Å². The summed E-state index contributed by atoms with van der Waals surface area (Å²) in [5.74, 6) is 1.07. The molecule has 9 nitrogen and oxygen atoms in total. The van der Waals surface area contributed by atoms with Crippen LogP contribution in [-0.2, 0) is 0 Å². The Kier molecular flexibility index (Phi) is 6.15. The Morgan fingerprint density at radius 2 is 1.67 bits per heavy atom. The SMILES string of the molecule is COc1cc2ncnc(Oc3ccc(N)c(F)c3)c2cc1OC.NC(N)=O. The molecule has 6 N–H and O–H groups in total. The fourth-order valence-corrected chi connectivity index (χ4v) is 2.12. The Labute approximate surface area is 153 Å². The summed E-state index contributed by atoms with van der Waals surface area (Å²) in [5, 5.41) is 0.613. The number of halogens is 1. The van der Waals surface area contributed by atoms with Crippen molar-refractivity contribution in [3.8, 4) is 23.1 Å². The zero-order valence-electron chi connectivity index (χ0n) is 14.6. The predicted molar refractivity (Wildman–Crippen MR) is 97.3 cm³/mol. The van der Waals surface area contributed by atoms with Crippen molar-refractivity contribution in [2.45, 2.75) is 0 Å². The Hall–Kier alpha value is -3.82. The second-order valence-electron chi connectivity index (χ2n) is 5.09. The molecule has 0 aliphatic rings. The Balaban J connectivity index is 0.000000596. The van der Waals surface area contributed by atoms with Crippen molar-refractivity contribution in [3.05, 3.63) is 42.5 Å². The molecule has 2 amide bonds. The molecule has 1 aromatic heterocycles. The van der Waals surface area contributed by atoms with Gasteiger partial charge < -0.3 is 31.4 Å². The van der Waals surface area contributed by atoms with E-state index in [-0.39, 0.29) is 17.3 Å². The van der Waals surface area contributed by atoms with Gasteiger partial charge in [-0.3, -0.25) is 0 Å². The molecule has 0 radical (unpaired) electrons. The van der Waals surface area contributed by atoms with E-state index in [0.29, 0.717) is 22.4 Å². The standard InChI is InChI=1S/C16H14FN3O3.CH4N2O/c1-21-14-6-10-13(7-15(14)22-2)19-8-20-16(10)23-9-3-4-12(18)11(17)5-9;2-1(3)4/h3-8H,18H2,1-2H3;(H4,2,3,4). The van der Waals surface area contributed by atoms with Gasteiger partial charge >= 0.3 is 6.03 Å². The van der Waals surface area contributed by atoms with Gasteiger partial charge in [0.25, 0.3) is 0 Å². The molecule has 0 saturated heterocycles. The van der Waals surface area contributed by atoms with E-state index in [4.69, 9.17) is 24.7 Å². The van der Waals surface area contributed by atoms with Crippen LogP contribution in [0.2, 0.25) is 0 Å². The average molecular weight is 375 g/mol. The van der Waals surface area contributed by atoms with Crippen molar-refractivity contribution in [1.82, 2.24) is 9.97 Å². The molecule has 0 bridgehead atoms. The maximum absolute atomic E-state index is 13.5. The number of methoxy groups -OCH3 is 2. The number of primary amides is 2. The van der Waals surface area contributed by atoms with Crippen molar-refractivity contribution >= 4 is 22.6 Å². The predicted octanol–water partition coefficient (Wildman–Crippen LogP) is 2.18. The number of aromatic nitrogens is 2. The summed E-state index contributed by atoms with van der Waals surface area (Å²) in [6.07, 6.45) is 1.36. The number of fused-ring (bicyclic) bond motifs is 1. The molecule has 1 heterocycles. The van der Waals surface area contributed by atoms with Gasteiger partial charge in [0, 0.05) is 12.1 Å². The number of amides is 2. The first-order valence-electron chi connectivity index (χ1n) is 7.50. The second kappa shape index (κ2) is 8.52. The molecular weight excluding hydrogens is 357 g/mol. The number of hydrogen-bond acceptors (Lipinski definition) is 7. The number of anilines is 1. The van der Waals surface area contributed by atoms with E-state index < -0.39 is 11.8 Å². The quantitative estimate of drug-likeness (QED) is 0.592. The highest BCUT2D eigenvalue weighted by Gasteiger charge is 2.13. The number of nitrogen functional groups attached to an aromatic ring is 1. The van der Waals surface area contributed by atoms with E-state index in [1.54, 1.807) is 25.3 Å². The van der Waals surface area contributed by atoms with Crippen LogP contribution >= 0.6 is 0 Å². The van der Waals surface area contributed by atoms with Gasteiger partial charge in [-0.2, -0.15) is 0 Å². The summed E-state index contributed by atoms with van der Waals surface area (Å²) >= 11 is 0. The number of hydrogen-bond donors (Lipinski definition) is 3. The first kappa shape index (κ1) is 19.5. The summed E-state index contributed by atoms with van der Waals surface area (Å²) < 4.78 is 29.7. The number of nitrogens with zero attached hydrogens (tertiary/aromatic N) is 2. The topological polar surface area (TPSA) is 149 Å². The van der Waals surface area contributed by atoms with Crippen molar-refractivity contribution in [2.24, 2.45) is 11.5 Å². The zero-order valence-corrected chi connectivity index (χ0v) is 14.6. The van der Waals surface area contributed by atoms with Crippen molar-refractivity contribution < 1.29 is 23.4 Å². The number of benzene rings is 2. The number of ether oxygens (including phenoxy) is 3. The summed E-state index contributed by atoms with van der Waals surface area (Å²) in [6, 6.07) is 6.78. The van der Waals surface area contributed by atoms with Crippen LogP contribution in [0.4, 0.5) is 14.9 Å². The normalized spacial score (nSPS) is 9.89. The van der Waals surface area contributed by atoms with Crippen LogP contribution in [-0.4, -0.2) is 30.2 Å². The van der Waals surface area contributed by atoms with Crippen LogP contribution in [0, 0.1) is 5.82 Å². The number of carbonyl (C=O) groups excluding carboxylic acids is 1. The van der Waals surface area contributed by atoms with Crippen LogP contribution < -0.4 is 31.4 Å². The molecule has 142 valence electrons. The average Bonchev–Trinajstić information content (AvgIpc) is 2.63. The summed E-state index contributed by atoms with van der Waals surface area (Å²) in [6.45, 7) is 0. The fraction of sp³-hybridized carbons (Fsp3) is 0.118. The van der Waals surface area contributed by atoms with Crippen molar-refractivity contribution in [1.29, 1.82) is 0 Å². The highest BCUT2D eigenvalue weighted by molar-refractivity contribution is 5.87. The van der Waals surface area contributed by atoms with Gasteiger partial charge in [0.05, 0.1) is 30.8 Å². The number of rotatable bonds is 4. The molecule has 0 aliphatic heterocycles. The molecule has 3 rings (SSSR count). The molecule has 10 heteroatoms. The highest BCUT2D eigenvalue weighted by Crippen LogP contribution is 2.35. The Morgan fingerprint density at radius 3 is 2.26 bits per heavy atom. The van der Waals surface area contributed by atoms with Gasteiger partial charge in [0.15, 0.2) is 11.5 Å². The smallest absolute Gasteiger partial charge is 0.309 e. The molecule has 27 heavy (non-hydrogen) atoms. The molecule has 0 atom stereocenters. The molecule has 0 fully saturated rings. The third-order valence-corrected chi connectivity index (χ3v) is 3.29. The van der Waals surface area contributed by atoms with Gasteiger partial charge in [0.2, 0.25) is 5.88 Å². The minimum atomic E-state index is -0.833. The molecular formula is C17H18FN5O4. The molecule has 0 unspecified atom stereocenters. The lowest BCUT2D eigenvalue weighted by Gasteiger charge is -2.11. The first-order valence-corrected chi connectivity index (χ1v) is 7.50. The zero-order chi connectivity index (χ0) is 20.0. The summed E-state index contributed by atoms with van der Waals surface area (Å²) in [5.41, 5.74) is 14.6. The van der Waals surface area contributed by atoms with E-state index in [9.17, 15) is 4.39 Å². The largest absolute Gasteiger partial charge is 0.493 e. The monoisotopic (exact) mass is 375 g/mol. The Morgan fingerprint density at radius 1 is 1.04 bits per heavy atom. The van der Waals surface area contributed by atoms with E-state index in [1.165, 1.54) is 25.6 Å². The van der Waals surface area contributed by atoms with E-state index in [1.807, 2.05) is 0 Å². The highest BCUT2D eigenvalue weighted by atomic mass is 19.1. The molecule has 2 aromatic carbocycles. The molecule has 3 aromatic rings. The van der Waals surface area contributed by atoms with Gasteiger partial charge in [-0.1, -0.05) is 0 Å². The van der Waals surface area contributed by atoms with Gasteiger partial charge in [-0.25, -0.2) is 19.2 Å². The Bertz CT molecular complexity index is 963. The van der Waals surface area contributed by atoms with E-state index in [2.05, 4.69) is 21.4 Å². The third-order valence-electron chi connectivity index (χ3n) is 3.29. The van der Waals surface area contributed by atoms with Crippen LogP contribution in [0.5, 0.6) is 23.1 Å². The van der Waals surface area contributed by atoms with E-state index in [0.717, 1.165) is 0 Å². The van der Waals surface area contributed by atoms with Crippen LogP contribution in [0.25, 0.3) is 10.9 Å². The minimum absolute atomic E-state index is 0.0521. The van der Waals surface area contributed by atoms with Gasteiger partial charge in [-0.05, 0) is 18.2 Å². The summed E-state index contributed by atoms with van der Waals surface area (Å²) in [7, 11) is 3.07. The molecule has 0 spiro atoms. The maximum Gasteiger partial charge on any atom is 0.309 e. The molecule has 0 saturated carbocycles. The number of carbonyl (C=O) groups is 1. The number of nitrogens with two attached hydrogens (primary N) is 3. The maximum atomic E-state index is 13.5. The van der Waals surface area contributed by atoms with Gasteiger partial charge in [-0.15, -0.1) is 0 Å². The van der Waals surface area contributed by atoms with Crippen LogP contribution in [0.3, 0.4) is 0 Å². The lowest BCUT2D eigenvalue weighted by atomic mass is 10.2. The minimum Gasteiger partial charge on any atom is -0.493 e. The second-order valence-corrected chi connectivity index (χ2v) is 5.09. The third kappa shape index (κ3) is 4.84. The van der Waals surface area contributed by atoms with E-state index >= 15 is 0 Å². The van der Waals surface area contributed by atoms with Crippen molar-refractivity contribution in [3.63, 3.8) is 0 Å². The first-order chi connectivity index (χ1) is 12.8. The summed E-state index contributed by atoms with van der Waals surface area (Å²) in [4.78, 5) is 17.3. The lowest BCUT2D eigenvalue weighted by molar-refractivity contribution is 0.256. The van der Waals surface area contributed by atoms with Gasteiger partial charge in [0.1, 0.15) is 17.9 Å². The van der Waals surface area contributed by atoms with Crippen molar-refractivity contribution in [2.75, 3.05) is 20.0 Å². The lowest BCUT2D eigenvalue weighted by Crippen LogP contribution is -2.18. The van der Waals surface area contributed by atoms with Crippen LogP contribution in [0.1, 0.15) is 0 Å². The molecule has 0 aliphatic carbocycles. The number of urea groups is 1. The fourth-order valence-electron chi connectivity index (χ4n) is 2.12.